The third-order valence-corrected chi connectivity index (χ3v) is 4.30. The molecule has 0 saturated heterocycles. The van der Waals surface area contributed by atoms with E-state index in [-0.39, 0.29) is 10.9 Å². The molecule has 6 heteroatoms. The lowest BCUT2D eigenvalue weighted by Crippen LogP contribution is -2.17. The van der Waals surface area contributed by atoms with Gasteiger partial charge in [-0.05, 0) is 31.5 Å². The van der Waals surface area contributed by atoms with Gasteiger partial charge in [-0.1, -0.05) is 32.6 Å². The van der Waals surface area contributed by atoms with Crippen molar-refractivity contribution in [3.8, 4) is 5.75 Å². The molecular formula is C15H26N2O3S. The molecule has 0 fully saturated rings. The molecule has 120 valence electrons. The van der Waals surface area contributed by atoms with Gasteiger partial charge < -0.3 is 10.1 Å². The van der Waals surface area contributed by atoms with Crippen LogP contribution in [0.1, 0.15) is 46.0 Å². The van der Waals surface area contributed by atoms with Gasteiger partial charge >= 0.3 is 0 Å². The highest BCUT2D eigenvalue weighted by Crippen LogP contribution is 2.28. The number of unbranched alkanes of at least 4 members (excludes halogenated alkanes) is 3. The van der Waals surface area contributed by atoms with Gasteiger partial charge in [-0.3, -0.25) is 0 Å². The number of benzene rings is 1. The first kappa shape index (κ1) is 17.8. The fraction of sp³-hybridized carbons (Fsp3) is 0.600. The Labute approximate surface area is 127 Å². The molecule has 0 spiro atoms. The van der Waals surface area contributed by atoms with Crippen molar-refractivity contribution in [1.29, 1.82) is 0 Å². The predicted molar refractivity (Wildman–Crippen MR) is 86.2 cm³/mol. The molecule has 0 aliphatic rings. The number of nitrogens with one attached hydrogen (secondary N) is 1. The molecule has 1 atom stereocenters. The molecule has 0 saturated carbocycles. The van der Waals surface area contributed by atoms with Crippen molar-refractivity contribution < 1.29 is 13.2 Å². The van der Waals surface area contributed by atoms with Gasteiger partial charge in [0.2, 0.25) is 10.0 Å². The molecule has 5 nitrogen and oxygen atoms in total. The van der Waals surface area contributed by atoms with Crippen LogP contribution in [0.3, 0.4) is 0 Å². The minimum Gasteiger partial charge on any atom is -0.495 e. The molecule has 0 amide bonds. The summed E-state index contributed by atoms with van der Waals surface area (Å²) in [5.74, 6) is 0.614. The van der Waals surface area contributed by atoms with Gasteiger partial charge in [0.25, 0.3) is 0 Å². The van der Waals surface area contributed by atoms with Gasteiger partial charge in [0.05, 0.1) is 17.7 Å². The second-order valence-electron chi connectivity index (χ2n) is 5.30. The number of ether oxygens (including phenoxy) is 1. The van der Waals surface area contributed by atoms with Gasteiger partial charge in [0.1, 0.15) is 5.75 Å². The zero-order chi connectivity index (χ0) is 15.9. The highest BCUT2D eigenvalue weighted by atomic mass is 32.2. The lowest BCUT2D eigenvalue weighted by atomic mass is 10.1. The van der Waals surface area contributed by atoms with Crippen LogP contribution in [0.25, 0.3) is 0 Å². The minimum atomic E-state index is -3.71. The number of nitrogens with two attached hydrogens (primary N) is 1. The second-order valence-corrected chi connectivity index (χ2v) is 6.86. The van der Waals surface area contributed by atoms with E-state index >= 15 is 0 Å². The second kappa shape index (κ2) is 8.24. The smallest absolute Gasteiger partial charge is 0.238 e. The van der Waals surface area contributed by atoms with Crippen LogP contribution in [0.15, 0.2) is 23.1 Å². The first-order valence-electron chi connectivity index (χ1n) is 7.35. The van der Waals surface area contributed by atoms with E-state index in [1.807, 2.05) is 0 Å². The number of hydrogen-bond acceptors (Lipinski definition) is 4. The summed E-state index contributed by atoms with van der Waals surface area (Å²) < 4.78 is 28.1. The molecule has 1 aromatic carbocycles. The minimum absolute atomic E-state index is 0.0870. The number of anilines is 1. The van der Waals surface area contributed by atoms with Gasteiger partial charge in [-0.25, -0.2) is 13.6 Å². The summed E-state index contributed by atoms with van der Waals surface area (Å²) in [6.45, 7) is 4.26. The Balaban J connectivity index is 2.76. The van der Waals surface area contributed by atoms with Crippen molar-refractivity contribution >= 4 is 15.7 Å². The maximum absolute atomic E-state index is 11.4. The fourth-order valence-electron chi connectivity index (χ4n) is 2.19. The van der Waals surface area contributed by atoms with E-state index in [1.54, 1.807) is 13.2 Å². The average Bonchev–Trinajstić information content (AvgIpc) is 2.42. The monoisotopic (exact) mass is 314 g/mol. The SMILES string of the molecule is CCCCCCC(C)Nc1cc(S(N)(=O)=O)ccc1OC. The van der Waals surface area contributed by atoms with E-state index in [9.17, 15) is 8.42 Å². The summed E-state index contributed by atoms with van der Waals surface area (Å²) in [4.78, 5) is 0.0870. The predicted octanol–water partition coefficient (Wildman–Crippen LogP) is 3.11. The molecule has 21 heavy (non-hydrogen) atoms. The number of sulfonamides is 1. The van der Waals surface area contributed by atoms with Crippen LogP contribution in [-0.4, -0.2) is 21.6 Å². The van der Waals surface area contributed by atoms with Crippen LogP contribution in [0.2, 0.25) is 0 Å². The lowest BCUT2D eigenvalue weighted by molar-refractivity contribution is 0.415. The van der Waals surface area contributed by atoms with Crippen molar-refractivity contribution in [3.63, 3.8) is 0 Å². The molecule has 1 rings (SSSR count). The molecule has 1 unspecified atom stereocenters. The number of hydrogen-bond donors (Lipinski definition) is 2. The summed E-state index contributed by atoms with van der Waals surface area (Å²) >= 11 is 0. The summed E-state index contributed by atoms with van der Waals surface area (Å²) in [6, 6.07) is 4.83. The first-order valence-corrected chi connectivity index (χ1v) is 8.90. The summed E-state index contributed by atoms with van der Waals surface area (Å²) in [6.07, 6.45) is 5.86. The molecule has 0 radical (unpaired) electrons. The quantitative estimate of drug-likeness (QED) is 0.686. The van der Waals surface area contributed by atoms with E-state index in [0.717, 1.165) is 12.8 Å². The lowest BCUT2D eigenvalue weighted by Gasteiger charge is -2.18. The summed E-state index contributed by atoms with van der Waals surface area (Å²) in [5, 5.41) is 8.47. The third-order valence-electron chi connectivity index (χ3n) is 3.39. The maximum atomic E-state index is 11.4. The van der Waals surface area contributed by atoms with Crippen molar-refractivity contribution in [2.45, 2.75) is 56.9 Å². The van der Waals surface area contributed by atoms with E-state index in [4.69, 9.17) is 9.88 Å². The normalized spacial score (nSPS) is 13.0. The topological polar surface area (TPSA) is 81.4 Å². The molecule has 0 heterocycles. The third kappa shape index (κ3) is 5.93. The van der Waals surface area contributed by atoms with Crippen molar-refractivity contribution in [3.05, 3.63) is 18.2 Å². The Morgan fingerprint density at radius 3 is 2.57 bits per heavy atom. The van der Waals surface area contributed by atoms with Crippen molar-refractivity contribution in [2.24, 2.45) is 5.14 Å². The molecule has 1 aromatic rings. The Kier molecular flexibility index (Phi) is 6.98. The molecule has 0 aliphatic heterocycles. The largest absolute Gasteiger partial charge is 0.495 e. The highest BCUT2D eigenvalue weighted by Gasteiger charge is 2.13. The van der Waals surface area contributed by atoms with Gasteiger partial charge in [0.15, 0.2) is 0 Å². The van der Waals surface area contributed by atoms with Crippen LogP contribution in [-0.2, 0) is 10.0 Å². The van der Waals surface area contributed by atoms with E-state index in [0.29, 0.717) is 11.4 Å². The molecule has 0 aromatic heterocycles. The van der Waals surface area contributed by atoms with E-state index < -0.39 is 10.0 Å². The zero-order valence-corrected chi connectivity index (χ0v) is 13.9. The van der Waals surface area contributed by atoms with Crippen LogP contribution in [0.4, 0.5) is 5.69 Å². The van der Waals surface area contributed by atoms with Crippen LogP contribution in [0, 0.1) is 0 Å². The van der Waals surface area contributed by atoms with Gasteiger partial charge in [-0.2, -0.15) is 0 Å². The average molecular weight is 314 g/mol. The van der Waals surface area contributed by atoms with E-state index in [2.05, 4.69) is 19.2 Å². The molecule has 0 bridgehead atoms. The number of rotatable bonds is 9. The maximum Gasteiger partial charge on any atom is 0.238 e. The Hall–Kier alpha value is -1.27. The number of primary sulfonamides is 1. The molecular weight excluding hydrogens is 288 g/mol. The summed E-state index contributed by atoms with van der Waals surface area (Å²) in [5.41, 5.74) is 0.659. The Morgan fingerprint density at radius 1 is 1.29 bits per heavy atom. The van der Waals surface area contributed by atoms with Gasteiger partial charge in [0, 0.05) is 6.04 Å². The Bertz CT molecular complexity index is 544. The molecule has 0 aliphatic carbocycles. The van der Waals surface area contributed by atoms with Crippen LogP contribution >= 0.6 is 0 Å². The van der Waals surface area contributed by atoms with Gasteiger partial charge in [-0.15, -0.1) is 0 Å². The van der Waals surface area contributed by atoms with E-state index in [1.165, 1.54) is 31.4 Å². The molecule has 3 N–H and O–H groups in total. The number of methoxy groups -OCH3 is 1. The van der Waals surface area contributed by atoms with Crippen LogP contribution < -0.4 is 15.2 Å². The highest BCUT2D eigenvalue weighted by molar-refractivity contribution is 7.89. The first-order chi connectivity index (χ1) is 9.88. The Morgan fingerprint density at radius 2 is 2.00 bits per heavy atom. The fourth-order valence-corrected chi connectivity index (χ4v) is 2.73. The summed E-state index contributed by atoms with van der Waals surface area (Å²) in [7, 11) is -2.15. The van der Waals surface area contributed by atoms with Crippen LogP contribution in [0.5, 0.6) is 5.75 Å². The van der Waals surface area contributed by atoms with Crippen molar-refractivity contribution in [2.75, 3.05) is 12.4 Å². The zero-order valence-electron chi connectivity index (χ0n) is 13.1. The standard InChI is InChI=1S/C15H26N2O3S/c1-4-5-6-7-8-12(2)17-14-11-13(21(16,18)19)9-10-15(14)20-3/h9-12,17H,4-8H2,1-3H3,(H2,16,18,19). The van der Waals surface area contributed by atoms with Crippen molar-refractivity contribution in [1.82, 2.24) is 0 Å².